The first kappa shape index (κ1) is 18.0. The van der Waals surface area contributed by atoms with Gasteiger partial charge in [-0.25, -0.2) is 4.79 Å². The highest BCUT2D eigenvalue weighted by molar-refractivity contribution is 5.77. The molecule has 0 aromatic carbocycles. The molecule has 0 saturated carbocycles. The maximum absolute atomic E-state index is 11.1. The van der Waals surface area contributed by atoms with E-state index in [-0.39, 0.29) is 12.5 Å². The van der Waals surface area contributed by atoms with E-state index < -0.39 is 11.6 Å². The average Bonchev–Trinajstić information content (AvgIpc) is 2.33. The lowest BCUT2D eigenvalue weighted by Crippen LogP contribution is -2.45. The minimum Gasteiger partial charge on any atom is -0.465 e. The smallest absolute Gasteiger partial charge is 0.407 e. The average molecular weight is 286 g/mol. The Morgan fingerprint density at radius 2 is 1.95 bits per heavy atom. The van der Waals surface area contributed by atoms with Crippen molar-refractivity contribution in [2.24, 2.45) is 5.11 Å². The van der Waals surface area contributed by atoms with Crippen LogP contribution in [0.4, 0.5) is 4.79 Å². The second-order valence-corrected chi connectivity index (χ2v) is 5.42. The summed E-state index contributed by atoms with van der Waals surface area (Å²) in [5, 5.41) is 15.0. The van der Waals surface area contributed by atoms with Crippen molar-refractivity contribution >= 4 is 12.0 Å². The summed E-state index contributed by atoms with van der Waals surface area (Å²) in [6.07, 6.45) is 1.46. The normalized spacial score (nSPS) is 10.6. The lowest BCUT2D eigenvalue weighted by atomic mass is 10.1. The molecule has 0 aromatic heterocycles. The van der Waals surface area contributed by atoms with Gasteiger partial charge in [0.2, 0.25) is 17.4 Å². The molecule has 0 heterocycles. The molecule has 0 bridgehead atoms. The zero-order valence-corrected chi connectivity index (χ0v) is 12.3. The zero-order valence-electron chi connectivity index (χ0n) is 12.3. The van der Waals surface area contributed by atoms with Crippen LogP contribution < -0.4 is 10.2 Å². The van der Waals surface area contributed by atoms with Gasteiger partial charge in [0.15, 0.2) is 0 Å². The van der Waals surface area contributed by atoms with Gasteiger partial charge in [-0.3, -0.25) is 4.79 Å². The van der Waals surface area contributed by atoms with E-state index in [4.69, 9.17) is 10.6 Å². The van der Waals surface area contributed by atoms with Crippen LogP contribution in [0.15, 0.2) is 5.11 Å². The Morgan fingerprint density at radius 3 is 2.45 bits per heavy atom. The fraction of sp³-hybridized carbons (Fsp3) is 0.833. The van der Waals surface area contributed by atoms with Crippen molar-refractivity contribution in [3.8, 4) is 0 Å². The van der Waals surface area contributed by atoms with E-state index in [1.54, 1.807) is 0 Å². The highest BCUT2D eigenvalue weighted by atomic mass is 16.4. The predicted octanol–water partition coefficient (Wildman–Crippen LogP) is 1.60. The van der Waals surface area contributed by atoms with Gasteiger partial charge in [-0.1, -0.05) is 0 Å². The molecule has 0 aliphatic carbocycles. The first-order valence-corrected chi connectivity index (χ1v) is 6.59. The van der Waals surface area contributed by atoms with E-state index in [2.05, 4.69) is 15.3 Å². The molecule has 0 rings (SSSR count). The SMILES string of the molecule is CC(C)(C)N(CCCCCNC(=O)CN=[N+]=N)C(=O)O. The molecule has 3 N–H and O–H groups in total. The van der Waals surface area contributed by atoms with Gasteiger partial charge in [0.05, 0.1) is 0 Å². The molecule has 0 saturated heterocycles. The number of hydrogen-bond donors (Lipinski definition) is 3. The van der Waals surface area contributed by atoms with Gasteiger partial charge >= 0.3 is 6.09 Å². The fourth-order valence-corrected chi connectivity index (χ4v) is 1.67. The highest BCUT2D eigenvalue weighted by Gasteiger charge is 2.25. The Kier molecular flexibility index (Phi) is 8.15. The number of unbranched alkanes of at least 4 members (excludes halogenated alkanes) is 2. The number of amides is 2. The van der Waals surface area contributed by atoms with Crippen LogP contribution in [-0.4, -0.2) is 47.2 Å². The molecule has 0 aliphatic heterocycles. The van der Waals surface area contributed by atoms with Gasteiger partial charge in [0, 0.05) is 18.6 Å². The summed E-state index contributed by atoms with van der Waals surface area (Å²) in [6.45, 7) is 6.47. The van der Waals surface area contributed by atoms with Crippen LogP contribution in [-0.2, 0) is 4.79 Å². The fourth-order valence-electron chi connectivity index (χ4n) is 1.67. The molecule has 2 amide bonds. The molecule has 0 aliphatic rings. The zero-order chi connectivity index (χ0) is 15.6. The van der Waals surface area contributed by atoms with Crippen LogP contribution in [0.25, 0.3) is 0 Å². The van der Waals surface area contributed by atoms with E-state index in [0.717, 1.165) is 19.3 Å². The first-order chi connectivity index (χ1) is 9.29. The van der Waals surface area contributed by atoms with Crippen LogP contribution in [0, 0.1) is 5.53 Å². The Morgan fingerprint density at radius 1 is 1.30 bits per heavy atom. The lowest BCUT2D eigenvalue weighted by Gasteiger charge is -2.33. The standard InChI is InChI=1S/C12H23N5O3/c1-12(2,3)17(11(19)20)8-6-4-5-7-14-10(18)9-15-16-13/h13H,4-9H2,1-3H3,(H-,14,18,19,20)/p+1. The summed E-state index contributed by atoms with van der Waals surface area (Å²) in [4.78, 5) is 26.4. The number of carbonyl (C=O) groups is 2. The molecule has 0 radical (unpaired) electrons. The molecule has 0 unspecified atom stereocenters. The Bertz CT molecular complexity index is 372. The predicted molar refractivity (Wildman–Crippen MR) is 73.5 cm³/mol. The molecule has 114 valence electrons. The van der Waals surface area contributed by atoms with Crippen molar-refractivity contribution < 1.29 is 14.7 Å². The summed E-state index contributed by atoms with van der Waals surface area (Å²) in [5.41, 5.74) is 6.01. The molecule has 8 nitrogen and oxygen atoms in total. The van der Waals surface area contributed by atoms with Crippen LogP contribution in [0.2, 0.25) is 0 Å². The molecule has 0 fully saturated rings. The van der Waals surface area contributed by atoms with Gasteiger partial charge in [-0.15, -0.1) is 0 Å². The quantitative estimate of drug-likeness (QED) is 0.357. The van der Waals surface area contributed by atoms with Crippen LogP contribution >= 0.6 is 0 Å². The first-order valence-electron chi connectivity index (χ1n) is 6.59. The van der Waals surface area contributed by atoms with Crippen molar-refractivity contribution in [1.29, 1.82) is 5.53 Å². The minimum atomic E-state index is -0.911. The molecular weight excluding hydrogens is 262 g/mol. The van der Waals surface area contributed by atoms with E-state index in [0.29, 0.717) is 13.1 Å². The van der Waals surface area contributed by atoms with Gasteiger partial charge in [0.1, 0.15) is 10.6 Å². The number of rotatable bonds is 8. The molecule has 20 heavy (non-hydrogen) atoms. The van der Waals surface area contributed by atoms with Crippen molar-refractivity contribution in [3.63, 3.8) is 0 Å². The van der Waals surface area contributed by atoms with Crippen LogP contribution in [0.5, 0.6) is 0 Å². The molecular formula is C12H24N5O3+. The van der Waals surface area contributed by atoms with Crippen LogP contribution in [0.3, 0.4) is 0 Å². The van der Waals surface area contributed by atoms with Gasteiger partial charge in [-0.2, -0.15) is 0 Å². The van der Waals surface area contributed by atoms with E-state index >= 15 is 0 Å². The van der Waals surface area contributed by atoms with Crippen molar-refractivity contribution in [1.82, 2.24) is 15.1 Å². The summed E-state index contributed by atoms with van der Waals surface area (Å²) >= 11 is 0. The second-order valence-electron chi connectivity index (χ2n) is 5.42. The largest absolute Gasteiger partial charge is 0.465 e. The van der Waals surface area contributed by atoms with Crippen molar-refractivity contribution in [2.45, 2.75) is 45.6 Å². The van der Waals surface area contributed by atoms with E-state index in [1.807, 2.05) is 20.8 Å². The van der Waals surface area contributed by atoms with E-state index in [1.165, 1.54) is 4.90 Å². The molecule has 0 spiro atoms. The van der Waals surface area contributed by atoms with Gasteiger partial charge in [0.25, 0.3) is 0 Å². The summed E-state index contributed by atoms with van der Waals surface area (Å²) < 4.78 is 0. The van der Waals surface area contributed by atoms with E-state index in [9.17, 15) is 9.59 Å². The minimum absolute atomic E-state index is 0.125. The number of nitrogens with zero attached hydrogens (tertiary/aromatic N) is 3. The number of carbonyl (C=O) groups excluding carboxylic acids is 1. The monoisotopic (exact) mass is 286 g/mol. The Labute approximate surface area is 118 Å². The summed E-state index contributed by atoms with van der Waals surface area (Å²) in [7, 11) is 0. The Hall–Kier alpha value is -1.95. The van der Waals surface area contributed by atoms with Gasteiger partial charge in [-0.05, 0) is 40.0 Å². The second kappa shape index (κ2) is 9.03. The van der Waals surface area contributed by atoms with Crippen molar-refractivity contribution in [3.05, 3.63) is 0 Å². The number of hydrogen-bond acceptors (Lipinski definition) is 4. The van der Waals surface area contributed by atoms with Crippen LogP contribution in [0.1, 0.15) is 40.0 Å². The third-order valence-corrected chi connectivity index (χ3v) is 2.71. The lowest BCUT2D eigenvalue weighted by molar-refractivity contribution is -0.119. The number of nitrogens with one attached hydrogen (secondary N) is 2. The topological polar surface area (TPSA) is 120 Å². The molecule has 0 atom stereocenters. The highest BCUT2D eigenvalue weighted by Crippen LogP contribution is 2.14. The third kappa shape index (κ3) is 8.20. The third-order valence-electron chi connectivity index (χ3n) is 2.71. The van der Waals surface area contributed by atoms with Crippen molar-refractivity contribution in [2.75, 3.05) is 19.6 Å². The number of carboxylic acid groups (broad SMARTS) is 1. The van der Waals surface area contributed by atoms with Gasteiger partial charge < -0.3 is 15.3 Å². The molecule has 8 heteroatoms. The molecule has 0 aromatic rings. The summed E-state index contributed by atoms with van der Waals surface area (Å²) in [5.74, 6) is -0.261. The Balaban J connectivity index is 3.78. The maximum atomic E-state index is 11.1. The maximum Gasteiger partial charge on any atom is 0.407 e. The summed E-state index contributed by atoms with van der Waals surface area (Å²) in [6, 6.07) is 0.